The Labute approximate surface area is 152 Å². The lowest BCUT2D eigenvalue weighted by Crippen LogP contribution is -2.11. The Morgan fingerprint density at radius 3 is 2.46 bits per heavy atom. The standard InChI is InChI=1S/C23H21F3/c1-3-4-5-14-6-8-15(9-7-14)16-10-11-17-18-12-13(2)21(24)23(26)20(18)19(17)22(16)25/h3,8,10-12,14H,1,4-7,9H2,2H3. The maximum atomic E-state index is 15.1. The number of halogens is 3. The maximum Gasteiger partial charge on any atom is 0.167 e. The van der Waals surface area contributed by atoms with Crippen LogP contribution in [0.3, 0.4) is 0 Å². The number of hydrogen-bond donors (Lipinski definition) is 0. The molecule has 0 aliphatic heterocycles. The third-order valence-electron chi connectivity index (χ3n) is 5.72. The van der Waals surface area contributed by atoms with Crippen molar-refractivity contribution in [2.24, 2.45) is 5.92 Å². The minimum Gasteiger partial charge on any atom is -0.206 e. The van der Waals surface area contributed by atoms with Gasteiger partial charge in [-0.2, -0.15) is 0 Å². The second kappa shape index (κ2) is 6.46. The second-order valence-electron chi connectivity index (χ2n) is 7.33. The zero-order valence-corrected chi connectivity index (χ0v) is 14.8. The van der Waals surface area contributed by atoms with Crippen molar-refractivity contribution >= 4 is 5.57 Å². The van der Waals surface area contributed by atoms with Crippen molar-refractivity contribution in [3.05, 3.63) is 65.5 Å². The van der Waals surface area contributed by atoms with Crippen molar-refractivity contribution in [2.45, 2.75) is 39.0 Å². The molecule has 134 valence electrons. The highest BCUT2D eigenvalue weighted by atomic mass is 19.2. The molecule has 0 nitrogen and oxygen atoms in total. The van der Waals surface area contributed by atoms with E-state index in [0.29, 0.717) is 22.6 Å². The molecule has 0 radical (unpaired) electrons. The Balaban J connectivity index is 1.68. The molecule has 2 aliphatic carbocycles. The molecule has 0 heterocycles. The maximum absolute atomic E-state index is 15.1. The minimum absolute atomic E-state index is 0.0859. The summed E-state index contributed by atoms with van der Waals surface area (Å²) in [5.74, 6) is -1.64. The van der Waals surface area contributed by atoms with Gasteiger partial charge in [-0.3, -0.25) is 0 Å². The zero-order valence-electron chi connectivity index (χ0n) is 14.8. The first-order valence-corrected chi connectivity index (χ1v) is 9.15. The monoisotopic (exact) mass is 354 g/mol. The molecule has 1 atom stereocenters. The van der Waals surface area contributed by atoms with Crippen LogP contribution < -0.4 is 0 Å². The third kappa shape index (κ3) is 2.53. The average Bonchev–Trinajstić information content (AvgIpc) is 2.64. The van der Waals surface area contributed by atoms with Gasteiger partial charge in [0.25, 0.3) is 0 Å². The molecule has 3 heteroatoms. The van der Waals surface area contributed by atoms with Crippen LogP contribution in [0.25, 0.3) is 27.8 Å². The molecule has 0 saturated heterocycles. The van der Waals surface area contributed by atoms with E-state index in [1.54, 1.807) is 12.1 Å². The van der Waals surface area contributed by atoms with Crippen molar-refractivity contribution in [1.29, 1.82) is 0 Å². The highest BCUT2D eigenvalue weighted by molar-refractivity contribution is 6.04. The average molecular weight is 354 g/mol. The molecule has 1 unspecified atom stereocenters. The molecule has 0 spiro atoms. The van der Waals surface area contributed by atoms with Gasteiger partial charge in [0.15, 0.2) is 11.6 Å². The van der Waals surface area contributed by atoms with Crippen LogP contribution in [0.1, 0.15) is 43.2 Å². The third-order valence-corrected chi connectivity index (χ3v) is 5.72. The summed E-state index contributed by atoms with van der Waals surface area (Å²) in [5, 5.41) is 0. The summed E-state index contributed by atoms with van der Waals surface area (Å²) in [6.07, 6.45) is 8.91. The second-order valence-corrected chi connectivity index (χ2v) is 7.33. The Morgan fingerprint density at radius 2 is 1.77 bits per heavy atom. The van der Waals surface area contributed by atoms with E-state index < -0.39 is 17.5 Å². The summed E-state index contributed by atoms with van der Waals surface area (Å²) in [6, 6.07) is 5.21. The zero-order chi connectivity index (χ0) is 18.4. The molecule has 4 rings (SSSR count). The first-order chi connectivity index (χ1) is 12.5. The largest absolute Gasteiger partial charge is 0.206 e. The highest BCUT2D eigenvalue weighted by Crippen LogP contribution is 2.52. The number of allylic oxidation sites excluding steroid dienone is 3. The van der Waals surface area contributed by atoms with Gasteiger partial charge in [0.05, 0.1) is 0 Å². The fourth-order valence-corrected chi connectivity index (χ4v) is 4.19. The fourth-order valence-electron chi connectivity index (χ4n) is 4.19. The van der Waals surface area contributed by atoms with Crippen LogP contribution in [0, 0.1) is 30.3 Å². The Bertz CT molecular complexity index is 937. The first-order valence-electron chi connectivity index (χ1n) is 9.15. The quantitative estimate of drug-likeness (QED) is 0.434. The number of hydrogen-bond acceptors (Lipinski definition) is 0. The molecule has 0 N–H and O–H groups in total. The molecule has 0 fully saturated rings. The van der Waals surface area contributed by atoms with E-state index in [0.717, 1.165) is 37.7 Å². The van der Waals surface area contributed by atoms with E-state index in [1.165, 1.54) is 6.92 Å². The summed E-state index contributed by atoms with van der Waals surface area (Å²) >= 11 is 0. The van der Waals surface area contributed by atoms with Crippen molar-refractivity contribution in [3.8, 4) is 22.3 Å². The Hall–Kier alpha value is -2.29. The van der Waals surface area contributed by atoms with Gasteiger partial charge in [0.2, 0.25) is 0 Å². The Kier molecular flexibility index (Phi) is 4.26. The summed E-state index contributed by atoms with van der Waals surface area (Å²) in [4.78, 5) is 0. The van der Waals surface area contributed by atoms with Crippen molar-refractivity contribution < 1.29 is 13.2 Å². The Morgan fingerprint density at radius 1 is 1.04 bits per heavy atom. The lowest BCUT2D eigenvalue weighted by molar-refractivity contribution is 0.453. The first kappa shape index (κ1) is 17.1. The van der Waals surface area contributed by atoms with Gasteiger partial charge in [-0.25, -0.2) is 13.2 Å². The van der Waals surface area contributed by atoms with Gasteiger partial charge in [-0.1, -0.05) is 24.3 Å². The number of rotatable bonds is 4. The summed E-state index contributed by atoms with van der Waals surface area (Å²) < 4.78 is 43.4. The van der Waals surface area contributed by atoms with E-state index >= 15 is 4.39 Å². The molecule has 2 aromatic carbocycles. The van der Waals surface area contributed by atoms with Gasteiger partial charge in [0, 0.05) is 16.7 Å². The summed E-state index contributed by atoms with van der Waals surface area (Å²) in [5.41, 5.74) is 3.33. The number of aryl methyl sites for hydroxylation is 1. The molecule has 2 aliphatic rings. The van der Waals surface area contributed by atoms with Crippen molar-refractivity contribution in [1.82, 2.24) is 0 Å². The van der Waals surface area contributed by atoms with E-state index in [-0.39, 0.29) is 16.7 Å². The SMILES string of the molecule is C=CCCC1CC=C(c2ccc3c(c2F)-c2c-3cc(C)c(F)c2F)CC1. The smallest absolute Gasteiger partial charge is 0.167 e. The molecule has 2 aromatic rings. The lowest BCUT2D eigenvalue weighted by atomic mass is 9.76. The molecular weight excluding hydrogens is 333 g/mol. The normalized spacial score (nSPS) is 17.8. The number of benzene rings is 2. The van der Waals surface area contributed by atoms with E-state index in [1.807, 2.05) is 12.1 Å². The van der Waals surface area contributed by atoms with Crippen LogP contribution in [-0.4, -0.2) is 0 Å². The van der Waals surface area contributed by atoms with Gasteiger partial charge in [-0.05, 0) is 73.3 Å². The lowest BCUT2D eigenvalue weighted by Gasteiger charge is -2.28. The van der Waals surface area contributed by atoms with Crippen LogP contribution >= 0.6 is 0 Å². The van der Waals surface area contributed by atoms with Crippen molar-refractivity contribution in [2.75, 3.05) is 0 Å². The fraction of sp³-hybridized carbons (Fsp3) is 0.304. The van der Waals surface area contributed by atoms with Crippen molar-refractivity contribution in [3.63, 3.8) is 0 Å². The molecule has 26 heavy (non-hydrogen) atoms. The van der Waals surface area contributed by atoms with E-state index in [4.69, 9.17) is 0 Å². The topological polar surface area (TPSA) is 0 Å². The van der Waals surface area contributed by atoms with E-state index in [2.05, 4.69) is 12.7 Å². The molecular formula is C23H21F3. The minimum atomic E-state index is -0.939. The van der Waals surface area contributed by atoms with Crippen LogP contribution in [0.4, 0.5) is 13.2 Å². The van der Waals surface area contributed by atoms with Gasteiger partial charge >= 0.3 is 0 Å². The molecule has 0 amide bonds. The highest BCUT2D eigenvalue weighted by Gasteiger charge is 2.33. The molecule has 0 aromatic heterocycles. The predicted octanol–water partition coefficient (Wildman–Crippen LogP) is 7.21. The van der Waals surface area contributed by atoms with Crippen LogP contribution in [0.5, 0.6) is 0 Å². The van der Waals surface area contributed by atoms with Gasteiger partial charge in [-0.15, -0.1) is 6.58 Å². The van der Waals surface area contributed by atoms with Crippen LogP contribution in [0.2, 0.25) is 0 Å². The summed E-state index contributed by atoms with van der Waals surface area (Å²) in [7, 11) is 0. The molecule has 0 saturated carbocycles. The van der Waals surface area contributed by atoms with Gasteiger partial charge < -0.3 is 0 Å². The van der Waals surface area contributed by atoms with Crippen LogP contribution in [-0.2, 0) is 0 Å². The van der Waals surface area contributed by atoms with Crippen LogP contribution in [0.15, 0.2) is 36.9 Å². The molecule has 0 bridgehead atoms. The van der Waals surface area contributed by atoms with Gasteiger partial charge in [0.1, 0.15) is 5.82 Å². The number of fused-ring (bicyclic) bond motifs is 4. The predicted molar refractivity (Wildman–Crippen MR) is 100 cm³/mol. The van der Waals surface area contributed by atoms with E-state index in [9.17, 15) is 8.78 Å². The summed E-state index contributed by atoms with van der Waals surface area (Å²) in [6.45, 7) is 5.28.